The Labute approximate surface area is 170 Å². The quantitative estimate of drug-likeness (QED) is 0.434. The molecule has 0 atom stereocenters. The van der Waals surface area contributed by atoms with Crippen molar-refractivity contribution in [3.8, 4) is 0 Å². The van der Waals surface area contributed by atoms with Crippen molar-refractivity contribution < 1.29 is 13.2 Å². The molecule has 0 saturated heterocycles. The van der Waals surface area contributed by atoms with Gasteiger partial charge in [-0.05, 0) is 53.8 Å². The maximum atomic E-state index is 13.0. The van der Waals surface area contributed by atoms with Crippen LogP contribution < -0.4 is 0 Å². The highest BCUT2D eigenvalue weighted by atomic mass is 35.5. The molecule has 0 spiro atoms. The van der Waals surface area contributed by atoms with Crippen LogP contribution in [0.2, 0.25) is 5.02 Å². The van der Waals surface area contributed by atoms with Gasteiger partial charge in [0.2, 0.25) is 0 Å². The van der Waals surface area contributed by atoms with E-state index in [1.165, 1.54) is 6.07 Å². The third kappa shape index (κ3) is 4.27. The Morgan fingerprint density at radius 3 is 2.55 bits per heavy atom. The molecule has 4 aromatic rings. The molecule has 0 aliphatic heterocycles. The minimum Gasteiger partial charge on any atom is -0.346 e. The molecule has 1 aromatic carbocycles. The summed E-state index contributed by atoms with van der Waals surface area (Å²) in [5, 5.41) is 0.848. The molecule has 29 heavy (non-hydrogen) atoms. The molecule has 0 amide bonds. The summed E-state index contributed by atoms with van der Waals surface area (Å²) in [6, 6.07) is 11.8. The summed E-state index contributed by atoms with van der Waals surface area (Å²) in [6.07, 6.45) is 2.67. The molecule has 148 valence electrons. The number of benzene rings is 1. The molecule has 0 saturated carbocycles. The van der Waals surface area contributed by atoms with Crippen molar-refractivity contribution in [2.24, 2.45) is 0 Å². The van der Waals surface area contributed by atoms with E-state index >= 15 is 0 Å². The van der Waals surface area contributed by atoms with E-state index in [0.717, 1.165) is 40.3 Å². The lowest BCUT2D eigenvalue weighted by molar-refractivity contribution is -0.137. The SMILES string of the molecule is FC(F)(F)c1cccc(CCc2ccc(Cc3c[nH]c4ncccc34)cn2)c1Cl. The van der Waals surface area contributed by atoms with Crippen LogP contribution in [-0.2, 0) is 25.4 Å². The standard InChI is InChI=1S/C22H17ClF3N3/c23-20-15(3-1-5-19(20)22(24,25)26)7-9-17-8-6-14(12-28-17)11-16-13-29-21-18(16)4-2-10-27-21/h1-6,8,10,12-13H,7,9,11H2,(H,27,29). The summed E-state index contributed by atoms with van der Waals surface area (Å²) in [5.74, 6) is 0. The van der Waals surface area contributed by atoms with Crippen LogP contribution in [0.1, 0.15) is 27.9 Å². The van der Waals surface area contributed by atoms with E-state index in [2.05, 4.69) is 15.0 Å². The van der Waals surface area contributed by atoms with Gasteiger partial charge in [0, 0.05) is 36.1 Å². The van der Waals surface area contributed by atoms with E-state index in [4.69, 9.17) is 11.6 Å². The molecule has 4 rings (SSSR count). The monoisotopic (exact) mass is 415 g/mol. The number of nitrogens with one attached hydrogen (secondary N) is 1. The molecule has 0 aliphatic carbocycles. The Kier molecular flexibility index (Phi) is 5.28. The Morgan fingerprint density at radius 1 is 0.931 bits per heavy atom. The second kappa shape index (κ2) is 7.87. The third-order valence-corrected chi connectivity index (χ3v) is 5.30. The summed E-state index contributed by atoms with van der Waals surface area (Å²) in [6.45, 7) is 0. The van der Waals surface area contributed by atoms with Crippen LogP contribution in [0.4, 0.5) is 13.2 Å². The van der Waals surface area contributed by atoms with Crippen LogP contribution >= 0.6 is 11.6 Å². The number of fused-ring (bicyclic) bond motifs is 1. The molecule has 0 bridgehead atoms. The number of halogens is 4. The highest BCUT2D eigenvalue weighted by Gasteiger charge is 2.33. The summed E-state index contributed by atoms with van der Waals surface area (Å²) in [5.41, 5.74) is 3.52. The summed E-state index contributed by atoms with van der Waals surface area (Å²) >= 11 is 5.96. The number of alkyl halides is 3. The molecule has 0 fully saturated rings. The van der Waals surface area contributed by atoms with Crippen molar-refractivity contribution in [3.63, 3.8) is 0 Å². The van der Waals surface area contributed by atoms with Crippen molar-refractivity contribution in [1.82, 2.24) is 15.0 Å². The molecule has 0 radical (unpaired) electrons. The van der Waals surface area contributed by atoms with E-state index in [1.54, 1.807) is 18.5 Å². The van der Waals surface area contributed by atoms with Crippen molar-refractivity contribution in [2.75, 3.05) is 0 Å². The second-order valence-electron chi connectivity index (χ2n) is 6.82. The van der Waals surface area contributed by atoms with Crippen molar-refractivity contribution in [3.05, 3.63) is 94.0 Å². The number of pyridine rings is 2. The average Bonchev–Trinajstić information content (AvgIpc) is 3.10. The second-order valence-corrected chi connectivity index (χ2v) is 7.20. The van der Waals surface area contributed by atoms with E-state index in [0.29, 0.717) is 18.4 Å². The minimum absolute atomic E-state index is 0.232. The largest absolute Gasteiger partial charge is 0.417 e. The average molecular weight is 416 g/mol. The predicted octanol–water partition coefficient (Wildman–Crippen LogP) is 6.01. The van der Waals surface area contributed by atoms with Crippen molar-refractivity contribution >= 4 is 22.6 Å². The number of rotatable bonds is 5. The van der Waals surface area contributed by atoms with Gasteiger partial charge in [-0.1, -0.05) is 29.8 Å². The van der Waals surface area contributed by atoms with Crippen LogP contribution in [0, 0.1) is 0 Å². The first-order chi connectivity index (χ1) is 13.9. The van der Waals surface area contributed by atoms with Crippen LogP contribution in [0.5, 0.6) is 0 Å². The van der Waals surface area contributed by atoms with Gasteiger partial charge >= 0.3 is 6.18 Å². The molecule has 3 heterocycles. The van der Waals surface area contributed by atoms with Gasteiger partial charge in [0.25, 0.3) is 0 Å². The number of H-pyrrole nitrogens is 1. The van der Waals surface area contributed by atoms with Crippen molar-refractivity contribution in [2.45, 2.75) is 25.4 Å². The van der Waals surface area contributed by atoms with Crippen LogP contribution in [-0.4, -0.2) is 15.0 Å². The van der Waals surface area contributed by atoms with Crippen LogP contribution in [0.25, 0.3) is 11.0 Å². The fraction of sp³-hybridized carbons (Fsp3) is 0.182. The maximum Gasteiger partial charge on any atom is 0.417 e. The van der Waals surface area contributed by atoms with E-state index in [9.17, 15) is 13.2 Å². The maximum absolute atomic E-state index is 13.0. The lowest BCUT2D eigenvalue weighted by atomic mass is 10.0. The fourth-order valence-corrected chi connectivity index (χ4v) is 3.67. The van der Waals surface area contributed by atoms with Crippen LogP contribution in [0.15, 0.2) is 61.1 Å². The first kappa shape index (κ1) is 19.5. The van der Waals surface area contributed by atoms with Gasteiger partial charge in [0.05, 0.1) is 10.6 Å². The summed E-state index contributed by atoms with van der Waals surface area (Å²) in [4.78, 5) is 11.9. The molecular formula is C22H17ClF3N3. The molecule has 0 unspecified atom stereocenters. The van der Waals surface area contributed by atoms with E-state index in [-0.39, 0.29) is 5.02 Å². The van der Waals surface area contributed by atoms with Gasteiger partial charge in [0.1, 0.15) is 5.65 Å². The normalized spacial score (nSPS) is 11.9. The topological polar surface area (TPSA) is 41.6 Å². The van der Waals surface area contributed by atoms with Gasteiger partial charge < -0.3 is 4.98 Å². The number of hydrogen-bond donors (Lipinski definition) is 1. The molecule has 3 aromatic heterocycles. The highest BCUT2D eigenvalue weighted by molar-refractivity contribution is 6.32. The molecule has 7 heteroatoms. The number of aryl methyl sites for hydroxylation is 2. The van der Waals surface area contributed by atoms with E-state index < -0.39 is 11.7 Å². The molecule has 0 aliphatic rings. The lowest BCUT2D eigenvalue weighted by Gasteiger charge is -2.12. The first-order valence-corrected chi connectivity index (χ1v) is 9.49. The van der Waals surface area contributed by atoms with Crippen molar-refractivity contribution in [1.29, 1.82) is 0 Å². The highest BCUT2D eigenvalue weighted by Crippen LogP contribution is 2.36. The Morgan fingerprint density at radius 2 is 1.79 bits per heavy atom. The number of nitrogens with zero attached hydrogens (tertiary/aromatic N) is 2. The lowest BCUT2D eigenvalue weighted by Crippen LogP contribution is -2.07. The summed E-state index contributed by atoms with van der Waals surface area (Å²) in [7, 11) is 0. The van der Waals surface area contributed by atoms with E-state index in [1.807, 2.05) is 30.5 Å². The smallest absolute Gasteiger partial charge is 0.346 e. The number of hydrogen-bond acceptors (Lipinski definition) is 2. The first-order valence-electron chi connectivity index (χ1n) is 9.11. The molecule has 1 N–H and O–H groups in total. The zero-order chi connectivity index (χ0) is 20.4. The van der Waals surface area contributed by atoms with Gasteiger partial charge in [-0.3, -0.25) is 4.98 Å². The Balaban J connectivity index is 1.44. The predicted molar refractivity (Wildman–Crippen MR) is 107 cm³/mol. The number of aromatic amines is 1. The summed E-state index contributed by atoms with van der Waals surface area (Å²) < 4.78 is 39.0. The Bertz CT molecular complexity index is 1130. The Hall–Kier alpha value is -2.86. The van der Waals surface area contributed by atoms with Crippen LogP contribution in [0.3, 0.4) is 0 Å². The zero-order valence-electron chi connectivity index (χ0n) is 15.3. The van der Waals surface area contributed by atoms with Gasteiger partial charge in [-0.2, -0.15) is 13.2 Å². The van der Waals surface area contributed by atoms with Gasteiger partial charge in [0.15, 0.2) is 0 Å². The third-order valence-electron chi connectivity index (χ3n) is 4.85. The molecule has 3 nitrogen and oxygen atoms in total. The fourth-order valence-electron chi connectivity index (χ4n) is 3.34. The zero-order valence-corrected chi connectivity index (χ0v) is 16.1. The molecular weight excluding hydrogens is 399 g/mol. The minimum atomic E-state index is -4.45. The van der Waals surface area contributed by atoms with Gasteiger partial charge in [-0.15, -0.1) is 0 Å². The number of aromatic nitrogens is 3. The van der Waals surface area contributed by atoms with Gasteiger partial charge in [-0.25, -0.2) is 4.98 Å².